The minimum atomic E-state index is -0.261. The van der Waals surface area contributed by atoms with E-state index in [1.54, 1.807) is 13.1 Å². The molecule has 0 fully saturated rings. The maximum Gasteiger partial charge on any atom is 0.155 e. The summed E-state index contributed by atoms with van der Waals surface area (Å²) in [5.41, 5.74) is 1.91. The topological polar surface area (TPSA) is 62.5 Å². The third kappa shape index (κ3) is 3.24. The zero-order valence-corrected chi connectivity index (χ0v) is 11.2. The Morgan fingerprint density at radius 3 is 3.06 bits per heavy atom. The molecule has 6 heteroatoms. The Morgan fingerprint density at radius 2 is 2.29 bits per heavy atom. The summed E-state index contributed by atoms with van der Waals surface area (Å²) in [4.78, 5) is 8.38. The van der Waals surface area contributed by atoms with E-state index < -0.39 is 0 Å². The molecule has 5 nitrogen and oxygen atoms in total. The Balaban J connectivity index is 2.01. The summed E-state index contributed by atoms with van der Waals surface area (Å²) in [5.74, 6) is 0. The molecule has 1 atom stereocenters. The second kappa shape index (κ2) is 5.57. The molecule has 0 saturated carbocycles. The van der Waals surface area contributed by atoms with Gasteiger partial charge in [0.25, 0.3) is 0 Å². The van der Waals surface area contributed by atoms with Gasteiger partial charge in [0.05, 0.1) is 24.2 Å². The summed E-state index contributed by atoms with van der Waals surface area (Å²) in [6.07, 6.45) is 5.95. The maximum atomic E-state index is 9.15. The fourth-order valence-electron chi connectivity index (χ4n) is 1.57. The lowest BCUT2D eigenvalue weighted by Gasteiger charge is -2.06. The van der Waals surface area contributed by atoms with Gasteiger partial charge in [0.2, 0.25) is 0 Å². The lowest BCUT2D eigenvalue weighted by atomic mass is 10.3. The van der Waals surface area contributed by atoms with Crippen molar-refractivity contribution in [1.82, 2.24) is 19.7 Å². The van der Waals surface area contributed by atoms with Crippen molar-refractivity contribution in [3.8, 4) is 0 Å². The summed E-state index contributed by atoms with van der Waals surface area (Å²) < 4.78 is 2.78. The van der Waals surface area contributed by atoms with Crippen LogP contribution in [0.4, 0.5) is 0 Å². The van der Waals surface area contributed by atoms with Gasteiger partial charge in [-0.2, -0.15) is 0 Å². The van der Waals surface area contributed by atoms with E-state index in [0.717, 1.165) is 35.5 Å². The van der Waals surface area contributed by atoms with Gasteiger partial charge in [-0.05, 0) is 35.8 Å². The first-order valence-electron chi connectivity index (χ1n) is 5.53. The fraction of sp³-hybridized carbons (Fsp3) is 0.455. The summed E-state index contributed by atoms with van der Waals surface area (Å²) >= 11 is 3.34. The molecule has 0 aliphatic heterocycles. The SMILES string of the molecule is CC(O)CCNCc1cnc2cnc(Br)cn12. The van der Waals surface area contributed by atoms with Crippen LogP contribution < -0.4 is 5.32 Å². The molecule has 2 aromatic rings. The minimum absolute atomic E-state index is 0.261. The van der Waals surface area contributed by atoms with Crippen LogP contribution in [0.1, 0.15) is 19.0 Å². The number of aromatic nitrogens is 3. The van der Waals surface area contributed by atoms with Crippen LogP contribution in [0.15, 0.2) is 23.2 Å². The highest BCUT2D eigenvalue weighted by Gasteiger charge is 2.04. The molecular formula is C11H15BrN4O. The first-order chi connectivity index (χ1) is 8.16. The van der Waals surface area contributed by atoms with Crippen LogP contribution in [0, 0.1) is 0 Å². The number of imidazole rings is 1. The molecule has 1 unspecified atom stereocenters. The van der Waals surface area contributed by atoms with Crippen molar-refractivity contribution in [2.45, 2.75) is 26.0 Å². The predicted octanol–water partition coefficient (Wildman–Crippen LogP) is 1.35. The molecule has 2 rings (SSSR count). The van der Waals surface area contributed by atoms with E-state index in [1.807, 2.05) is 16.8 Å². The average Bonchev–Trinajstić information content (AvgIpc) is 2.67. The quantitative estimate of drug-likeness (QED) is 0.818. The number of halogens is 1. The number of aliphatic hydroxyl groups excluding tert-OH is 1. The molecule has 0 spiro atoms. The van der Waals surface area contributed by atoms with Crippen LogP contribution in [-0.4, -0.2) is 32.1 Å². The molecule has 17 heavy (non-hydrogen) atoms. The van der Waals surface area contributed by atoms with Crippen LogP contribution in [0.25, 0.3) is 5.65 Å². The van der Waals surface area contributed by atoms with Crippen molar-refractivity contribution in [3.05, 3.63) is 28.9 Å². The second-order valence-corrected chi connectivity index (χ2v) is 4.81. The molecular weight excluding hydrogens is 284 g/mol. The zero-order chi connectivity index (χ0) is 12.3. The number of hydrogen-bond acceptors (Lipinski definition) is 4. The lowest BCUT2D eigenvalue weighted by molar-refractivity contribution is 0.183. The van der Waals surface area contributed by atoms with Gasteiger partial charge >= 0.3 is 0 Å². The maximum absolute atomic E-state index is 9.15. The standard InChI is InChI=1S/C11H15BrN4O/c1-8(17)2-3-13-4-9-5-15-11-6-14-10(12)7-16(9)11/h5-8,13,17H,2-4H2,1H3. The molecule has 0 aromatic carbocycles. The van der Waals surface area contributed by atoms with Crippen molar-refractivity contribution in [1.29, 1.82) is 0 Å². The molecule has 2 aromatic heterocycles. The van der Waals surface area contributed by atoms with Gasteiger partial charge in [-0.3, -0.25) is 4.40 Å². The summed E-state index contributed by atoms with van der Waals surface area (Å²) in [6, 6.07) is 0. The number of hydrogen-bond donors (Lipinski definition) is 2. The van der Waals surface area contributed by atoms with E-state index in [0.29, 0.717) is 0 Å². The summed E-state index contributed by atoms with van der Waals surface area (Å²) in [7, 11) is 0. The Morgan fingerprint density at radius 1 is 1.47 bits per heavy atom. The highest BCUT2D eigenvalue weighted by molar-refractivity contribution is 9.10. The number of aliphatic hydroxyl groups is 1. The molecule has 2 heterocycles. The molecule has 92 valence electrons. The van der Waals surface area contributed by atoms with Gasteiger partial charge in [0, 0.05) is 12.7 Å². The number of fused-ring (bicyclic) bond motifs is 1. The van der Waals surface area contributed by atoms with Crippen molar-refractivity contribution in [3.63, 3.8) is 0 Å². The number of nitrogens with zero attached hydrogens (tertiary/aromatic N) is 3. The molecule has 0 bridgehead atoms. The molecule has 2 N–H and O–H groups in total. The van der Waals surface area contributed by atoms with E-state index >= 15 is 0 Å². The predicted molar refractivity (Wildman–Crippen MR) is 68.7 cm³/mol. The van der Waals surface area contributed by atoms with Crippen molar-refractivity contribution in [2.75, 3.05) is 6.54 Å². The zero-order valence-electron chi connectivity index (χ0n) is 9.60. The van der Waals surface area contributed by atoms with E-state index in [-0.39, 0.29) is 6.10 Å². The minimum Gasteiger partial charge on any atom is -0.393 e. The van der Waals surface area contributed by atoms with E-state index in [4.69, 9.17) is 5.11 Å². The largest absolute Gasteiger partial charge is 0.393 e. The Kier molecular flexibility index (Phi) is 4.09. The third-order valence-electron chi connectivity index (χ3n) is 2.49. The number of rotatable bonds is 5. The highest BCUT2D eigenvalue weighted by Crippen LogP contribution is 2.10. The van der Waals surface area contributed by atoms with Crippen molar-refractivity contribution in [2.24, 2.45) is 0 Å². The van der Waals surface area contributed by atoms with Gasteiger partial charge in [-0.15, -0.1) is 0 Å². The molecule has 0 radical (unpaired) electrons. The van der Waals surface area contributed by atoms with Crippen LogP contribution in [0.3, 0.4) is 0 Å². The first kappa shape index (κ1) is 12.5. The van der Waals surface area contributed by atoms with Crippen LogP contribution in [0.2, 0.25) is 0 Å². The Bertz CT molecular complexity index is 497. The average molecular weight is 299 g/mol. The normalized spacial score (nSPS) is 13.1. The van der Waals surface area contributed by atoms with Gasteiger partial charge in [0.15, 0.2) is 5.65 Å². The first-order valence-corrected chi connectivity index (χ1v) is 6.32. The number of nitrogens with one attached hydrogen (secondary N) is 1. The summed E-state index contributed by atoms with van der Waals surface area (Å²) in [5, 5.41) is 12.4. The Labute approximate surface area is 108 Å². The van der Waals surface area contributed by atoms with Gasteiger partial charge in [-0.25, -0.2) is 9.97 Å². The third-order valence-corrected chi connectivity index (χ3v) is 2.90. The van der Waals surface area contributed by atoms with Crippen molar-refractivity contribution >= 4 is 21.6 Å². The Hall–Kier alpha value is -0.980. The summed E-state index contributed by atoms with van der Waals surface area (Å²) in [6.45, 7) is 3.31. The second-order valence-electron chi connectivity index (χ2n) is 4.00. The monoisotopic (exact) mass is 298 g/mol. The van der Waals surface area contributed by atoms with Gasteiger partial charge < -0.3 is 10.4 Å². The van der Waals surface area contributed by atoms with Crippen molar-refractivity contribution < 1.29 is 5.11 Å². The highest BCUT2D eigenvalue weighted by atomic mass is 79.9. The molecule has 0 amide bonds. The lowest BCUT2D eigenvalue weighted by Crippen LogP contribution is -2.19. The fourth-order valence-corrected chi connectivity index (χ4v) is 1.88. The molecule has 0 aliphatic rings. The van der Waals surface area contributed by atoms with Gasteiger partial charge in [0.1, 0.15) is 4.60 Å². The molecule has 0 saturated heterocycles. The van der Waals surface area contributed by atoms with E-state index in [9.17, 15) is 0 Å². The van der Waals surface area contributed by atoms with E-state index in [2.05, 4.69) is 31.2 Å². The van der Waals surface area contributed by atoms with Crippen LogP contribution >= 0.6 is 15.9 Å². The van der Waals surface area contributed by atoms with Crippen LogP contribution in [-0.2, 0) is 6.54 Å². The van der Waals surface area contributed by atoms with E-state index in [1.165, 1.54) is 0 Å². The van der Waals surface area contributed by atoms with Crippen LogP contribution in [0.5, 0.6) is 0 Å². The van der Waals surface area contributed by atoms with Gasteiger partial charge in [-0.1, -0.05) is 0 Å². The smallest absolute Gasteiger partial charge is 0.155 e. The molecule has 0 aliphatic carbocycles.